The molecule has 0 spiro atoms. The van der Waals surface area contributed by atoms with Crippen LogP contribution >= 0.6 is 0 Å². The Labute approximate surface area is 170 Å². The lowest BCUT2D eigenvalue weighted by Crippen LogP contribution is -2.38. The standard InChI is InChI=1S/C22H25NO6/c1-26-18-11-15(12-19(27-2)22(18)28-3)13-21(25)29-14-20(24)23-10-6-8-16-7-4-5-9-17(16)23/h4-5,7,9,11-12H,6,8,10,13-14H2,1-3H3. The minimum Gasteiger partial charge on any atom is -0.493 e. The van der Waals surface area contributed by atoms with Gasteiger partial charge in [-0.1, -0.05) is 18.2 Å². The highest BCUT2D eigenvalue weighted by Gasteiger charge is 2.23. The molecular formula is C22H25NO6. The molecular weight excluding hydrogens is 374 g/mol. The molecule has 0 unspecified atom stereocenters. The Bertz CT molecular complexity index is 870. The second-order valence-electron chi connectivity index (χ2n) is 6.65. The summed E-state index contributed by atoms with van der Waals surface area (Å²) < 4.78 is 21.1. The van der Waals surface area contributed by atoms with Crippen molar-refractivity contribution in [3.63, 3.8) is 0 Å². The first kappa shape index (κ1) is 20.5. The van der Waals surface area contributed by atoms with E-state index in [4.69, 9.17) is 18.9 Å². The molecule has 0 aromatic heterocycles. The molecule has 29 heavy (non-hydrogen) atoms. The van der Waals surface area contributed by atoms with E-state index in [1.54, 1.807) is 17.0 Å². The SMILES string of the molecule is COc1cc(CC(=O)OCC(=O)N2CCCc3ccccc32)cc(OC)c1OC. The summed E-state index contributed by atoms with van der Waals surface area (Å²) in [6, 6.07) is 11.2. The van der Waals surface area contributed by atoms with Crippen molar-refractivity contribution >= 4 is 17.6 Å². The minimum absolute atomic E-state index is 0.0133. The van der Waals surface area contributed by atoms with E-state index in [9.17, 15) is 9.59 Å². The van der Waals surface area contributed by atoms with Gasteiger partial charge in [0.1, 0.15) is 0 Å². The monoisotopic (exact) mass is 399 g/mol. The number of fused-ring (bicyclic) bond motifs is 1. The van der Waals surface area contributed by atoms with Crippen LogP contribution in [0, 0.1) is 0 Å². The zero-order chi connectivity index (χ0) is 20.8. The Balaban J connectivity index is 1.63. The molecule has 0 atom stereocenters. The van der Waals surface area contributed by atoms with Gasteiger partial charge in [0.2, 0.25) is 5.75 Å². The summed E-state index contributed by atoms with van der Waals surface area (Å²) in [4.78, 5) is 26.6. The smallest absolute Gasteiger partial charge is 0.310 e. The molecule has 0 radical (unpaired) electrons. The highest BCUT2D eigenvalue weighted by atomic mass is 16.5. The van der Waals surface area contributed by atoms with Crippen LogP contribution in [0.4, 0.5) is 5.69 Å². The minimum atomic E-state index is -0.502. The van der Waals surface area contributed by atoms with Gasteiger partial charge in [-0.15, -0.1) is 0 Å². The van der Waals surface area contributed by atoms with Gasteiger partial charge in [-0.2, -0.15) is 0 Å². The molecule has 3 rings (SSSR count). The highest BCUT2D eigenvalue weighted by Crippen LogP contribution is 2.38. The Kier molecular flexibility index (Phi) is 6.59. The lowest BCUT2D eigenvalue weighted by atomic mass is 10.0. The molecule has 0 fully saturated rings. The zero-order valence-corrected chi connectivity index (χ0v) is 16.9. The molecule has 0 saturated heterocycles. The number of hydrogen-bond donors (Lipinski definition) is 0. The van der Waals surface area contributed by atoms with E-state index in [2.05, 4.69) is 0 Å². The van der Waals surface area contributed by atoms with Gasteiger partial charge < -0.3 is 23.8 Å². The molecule has 1 aliphatic rings. The van der Waals surface area contributed by atoms with E-state index in [1.165, 1.54) is 21.3 Å². The molecule has 1 amide bonds. The summed E-state index contributed by atoms with van der Waals surface area (Å²) in [5.74, 6) is 0.630. The Morgan fingerprint density at radius 1 is 1.00 bits per heavy atom. The second kappa shape index (κ2) is 9.32. The normalized spacial score (nSPS) is 12.7. The van der Waals surface area contributed by atoms with Crippen LogP contribution in [-0.4, -0.2) is 46.4 Å². The predicted octanol–water partition coefficient (Wildman–Crippen LogP) is 2.78. The van der Waals surface area contributed by atoms with E-state index in [1.807, 2.05) is 24.3 Å². The van der Waals surface area contributed by atoms with Crippen LogP contribution in [0.25, 0.3) is 0 Å². The van der Waals surface area contributed by atoms with Gasteiger partial charge in [0.25, 0.3) is 5.91 Å². The van der Waals surface area contributed by atoms with Crippen LogP contribution in [0.2, 0.25) is 0 Å². The number of esters is 1. The quantitative estimate of drug-likeness (QED) is 0.667. The summed E-state index contributed by atoms with van der Waals surface area (Å²) in [6.45, 7) is 0.331. The fraction of sp³-hybridized carbons (Fsp3) is 0.364. The maximum absolute atomic E-state index is 12.6. The van der Waals surface area contributed by atoms with E-state index >= 15 is 0 Å². The van der Waals surface area contributed by atoms with Gasteiger partial charge in [0, 0.05) is 12.2 Å². The number of benzene rings is 2. The topological polar surface area (TPSA) is 74.3 Å². The number of hydrogen-bond acceptors (Lipinski definition) is 6. The van der Waals surface area contributed by atoms with Crippen molar-refractivity contribution in [2.24, 2.45) is 0 Å². The maximum Gasteiger partial charge on any atom is 0.310 e. The molecule has 1 aliphatic heterocycles. The summed E-state index contributed by atoms with van der Waals surface area (Å²) in [5, 5.41) is 0. The lowest BCUT2D eigenvalue weighted by Gasteiger charge is -2.29. The third kappa shape index (κ3) is 4.62. The third-order valence-electron chi connectivity index (χ3n) is 4.84. The number of nitrogens with zero attached hydrogens (tertiary/aromatic N) is 1. The number of amides is 1. The average molecular weight is 399 g/mol. The fourth-order valence-corrected chi connectivity index (χ4v) is 3.47. The second-order valence-corrected chi connectivity index (χ2v) is 6.65. The number of ether oxygens (including phenoxy) is 4. The van der Waals surface area contributed by atoms with Crippen LogP contribution in [0.15, 0.2) is 36.4 Å². The van der Waals surface area contributed by atoms with E-state index in [0.29, 0.717) is 29.4 Å². The largest absolute Gasteiger partial charge is 0.493 e. The Hall–Kier alpha value is -3.22. The number of carbonyl (C=O) groups excluding carboxylic acids is 2. The summed E-state index contributed by atoms with van der Waals surface area (Å²) in [7, 11) is 4.53. The first-order valence-electron chi connectivity index (χ1n) is 9.40. The first-order chi connectivity index (χ1) is 14.1. The molecule has 7 heteroatoms. The summed E-state index contributed by atoms with van der Waals surface area (Å²) >= 11 is 0. The number of anilines is 1. The number of para-hydroxylation sites is 1. The molecule has 0 aliphatic carbocycles. The van der Waals surface area contributed by atoms with Gasteiger partial charge in [-0.05, 0) is 42.2 Å². The van der Waals surface area contributed by atoms with Crippen molar-refractivity contribution in [3.05, 3.63) is 47.5 Å². The van der Waals surface area contributed by atoms with Crippen LogP contribution in [0.1, 0.15) is 17.5 Å². The summed E-state index contributed by atoms with van der Waals surface area (Å²) in [6.07, 6.45) is 1.82. The van der Waals surface area contributed by atoms with Crippen LogP contribution in [0.3, 0.4) is 0 Å². The predicted molar refractivity (Wildman–Crippen MR) is 108 cm³/mol. The van der Waals surface area contributed by atoms with Crippen molar-refractivity contribution in [2.45, 2.75) is 19.3 Å². The van der Waals surface area contributed by atoms with Crippen molar-refractivity contribution in [1.29, 1.82) is 0 Å². The number of rotatable bonds is 7. The molecule has 154 valence electrons. The molecule has 2 aromatic carbocycles. The van der Waals surface area contributed by atoms with E-state index in [-0.39, 0.29) is 18.9 Å². The van der Waals surface area contributed by atoms with Crippen molar-refractivity contribution in [3.8, 4) is 17.2 Å². The zero-order valence-electron chi connectivity index (χ0n) is 16.9. The van der Waals surface area contributed by atoms with E-state index < -0.39 is 5.97 Å². The van der Waals surface area contributed by atoms with Gasteiger partial charge in [-0.25, -0.2) is 0 Å². The van der Waals surface area contributed by atoms with Gasteiger partial charge in [0.05, 0.1) is 27.8 Å². The highest BCUT2D eigenvalue weighted by molar-refractivity contribution is 5.96. The third-order valence-corrected chi connectivity index (χ3v) is 4.84. The Morgan fingerprint density at radius 2 is 1.69 bits per heavy atom. The van der Waals surface area contributed by atoms with Gasteiger partial charge in [-0.3, -0.25) is 9.59 Å². The lowest BCUT2D eigenvalue weighted by molar-refractivity contribution is -0.147. The maximum atomic E-state index is 12.6. The molecule has 7 nitrogen and oxygen atoms in total. The van der Waals surface area contributed by atoms with Crippen LogP contribution in [0.5, 0.6) is 17.2 Å². The molecule has 0 N–H and O–H groups in total. The average Bonchev–Trinajstić information content (AvgIpc) is 2.76. The first-order valence-corrected chi connectivity index (χ1v) is 9.40. The van der Waals surface area contributed by atoms with Crippen molar-refractivity contribution in [2.75, 3.05) is 39.4 Å². The van der Waals surface area contributed by atoms with E-state index in [0.717, 1.165) is 24.1 Å². The van der Waals surface area contributed by atoms with Crippen molar-refractivity contribution < 1.29 is 28.5 Å². The molecule has 0 bridgehead atoms. The number of carbonyl (C=O) groups is 2. The van der Waals surface area contributed by atoms with Gasteiger partial charge in [0.15, 0.2) is 18.1 Å². The number of methoxy groups -OCH3 is 3. The fourth-order valence-electron chi connectivity index (χ4n) is 3.47. The van der Waals surface area contributed by atoms with Gasteiger partial charge >= 0.3 is 5.97 Å². The molecule has 2 aromatic rings. The van der Waals surface area contributed by atoms with Crippen LogP contribution in [-0.2, 0) is 27.2 Å². The Morgan fingerprint density at radius 3 is 2.34 bits per heavy atom. The van der Waals surface area contributed by atoms with Crippen LogP contribution < -0.4 is 19.1 Å². The molecule has 1 heterocycles. The molecule has 0 saturated carbocycles. The summed E-state index contributed by atoms with van der Waals surface area (Å²) in [5.41, 5.74) is 2.67. The number of aryl methyl sites for hydroxylation is 1. The van der Waals surface area contributed by atoms with Crippen molar-refractivity contribution in [1.82, 2.24) is 0 Å².